The van der Waals surface area contributed by atoms with Gasteiger partial charge in [-0.3, -0.25) is 4.90 Å². The van der Waals surface area contributed by atoms with E-state index in [1.54, 1.807) is 19.2 Å². The van der Waals surface area contributed by atoms with E-state index in [4.69, 9.17) is 9.84 Å². The Bertz CT molecular complexity index is 586. The molecule has 2 amide bonds. The molecule has 100 valence electrons. The highest BCUT2D eigenvalue weighted by molar-refractivity contribution is 5.88. The normalized spacial score (nSPS) is 28.2. The predicted molar refractivity (Wildman–Crippen MR) is 66.1 cm³/mol. The summed E-state index contributed by atoms with van der Waals surface area (Å²) in [6.07, 6.45) is 0.589. The molecule has 0 saturated carbocycles. The van der Waals surface area contributed by atoms with E-state index >= 15 is 0 Å². The molecule has 0 radical (unpaired) electrons. The number of hydrogen-bond acceptors (Lipinski definition) is 3. The van der Waals surface area contributed by atoms with Crippen LogP contribution in [-0.4, -0.2) is 34.8 Å². The summed E-state index contributed by atoms with van der Waals surface area (Å²) in [7, 11) is 1.68. The van der Waals surface area contributed by atoms with E-state index in [9.17, 15) is 9.59 Å². The van der Waals surface area contributed by atoms with Crippen molar-refractivity contribution in [3.8, 4) is 5.75 Å². The molecule has 0 aromatic heterocycles. The summed E-state index contributed by atoms with van der Waals surface area (Å²) in [6.45, 7) is 1.85. The van der Waals surface area contributed by atoms with Gasteiger partial charge < -0.3 is 15.2 Å². The monoisotopic (exact) mass is 262 g/mol. The number of benzene rings is 1. The van der Waals surface area contributed by atoms with Crippen molar-refractivity contribution < 1.29 is 19.4 Å². The minimum atomic E-state index is -0.990. The van der Waals surface area contributed by atoms with E-state index in [-0.39, 0.29) is 17.6 Å². The minimum Gasteiger partial charge on any atom is -0.478 e. The average molecular weight is 262 g/mol. The molecule has 6 nitrogen and oxygen atoms in total. The lowest BCUT2D eigenvalue weighted by atomic mass is 9.90. The molecule has 6 heteroatoms. The van der Waals surface area contributed by atoms with E-state index in [1.807, 2.05) is 6.92 Å². The molecular weight excluding hydrogens is 248 g/mol. The van der Waals surface area contributed by atoms with Gasteiger partial charge in [0.15, 0.2) is 5.72 Å². The molecule has 0 aliphatic carbocycles. The lowest BCUT2D eigenvalue weighted by molar-refractivity contribution is -0.0718. The smallest absolute Gasteiger partial charge is 0.335 e. The molecule has 1 aromatic rings. The quantitative estimate of drug-likeness (QED) is 0.805. The average Bonchev–Trinajstić information content (AvgIpc) is 2.35. The number of carboxylic acid groups (broad SMARTS) is 1. The molecule has 0 unspecified atom stereocenters. The second-order valence-corrected chi connectivity index (χ2v) is 5.10. The number of ether oxygens (including phenoxy) is 1. The third-order valence-corrected chi connectivity index (χ3v) is 3.86. The highest BCUT2D eigenvalue weighted by Crippen LogP contribution is 2.43. The maximum Gasteiger partial charge on any atom is 0.335 e. The van der Waals surface area contributed by atoms with Crippen LogP contribution in [0.1, 0.15) is 35.3 Å². The number of hydrogen-bond donors (Lipinski definition) is 2. The van der Waals surface area contributed by atoms with Gasteiger partial charge in [-0.1, -0.05) is 0 Å². The molecule has 1 saturated heterocycles. The predicted octanol–water partition coefficient (Wildman–Crippen LogP) is 1.58. The number of rotatable bonds is 1. The van der Waals surface area contributed by atoms with Gasteiger partial charge in [-0.2, -0.15) is 0 Å². The lowest BCUT2D eigenvalue weighted by Gasteiger charge is -2.49. The van der Waals surface area contributed by atoms with Gasteiger partial charge in [0.1, 0.15) is 5.75 Å². The maximum absolute atomic E-state index is 11.9. The molecule has 0 spiro atoms. The Morgan fingerprint density at radius 3 is 3.00 bits per heavy atom. The Morgan fingerprint density at radius 1 is 1.58 bits per heavy atom. The zero-order valence-electron chi connectivity index (χ0n) is 10.6. The van der Waals surface area contributed by atoms with E-state index in [1.165, 1.54) is 11.0 Å². The lowest BCUT2D eigenvalue weighted by Crippen LogP contribution is -2.63. The summed E-state index contributed by atoms with van der Waals surface area (Å²) in [6, 6.07) is 4.29. The molecule has 2 bridgehead atoms. The number of carbonyl (C=O) groups is 2. The fraction of sp³-hybridized carbons (Fsp3) is 0.385. The van der Waals surface area contributed by atoms with Crippen molar-refractivity contribution in [2.24, 2.45) is 0 Å². The van der Waals surface area contributed by atoms with Crippen LogP contribution in [0.4, 0.5) is 4.79 Å². The van der Waals surface area contributed by atoms with Gasteiger partial charge in [0.25, 0.3) is 0 Å². The van der Waals surface area contributed by atoms with Gasteiger partial charge in [0.2, 0.25) is 0 Å². The summed E-state index contributed by atoms with van der Waals surface area (Å²) in [4.78, 5) is 24.4. The zero-order chi connectivity index (χ0) is 13.8. The first-order chi connectivity index (χ1) is 8.90. The zero-order valence-corrected chi connectivity index (χ0v) is 10.6. The van der Waals surface area contributed by atoms with E-state index < -0.39 is 11.7 Å². The van der Waals surface area contributed by atoms with E-state index in [2.05, 4.69) is 5.32 Å². The highest BCUT2D eigenvalue weighted by atomic mass is 16.5. The van der Waals surface area contributed by atoms with Gasteiger partial charge in [-0.15, -0.1) is 0 Å². The number of carboxylic acids is 1. The van der Waals surface area contributed by atoms with Crippen LogP contribution in [0, 0.1) is 0 Å². The highest BCUT2D eigenvalue weighted by Gasteiger charge is 2.47. The summed E-state index contributed by atoms with van der Waals surface area (Å²) >= 11 is 0. The van der Waals surface area contributed by atoms with Crippen LogP contribution in [0.15, 0.2) is 18.2 Å². The Hall–Kier alpha value is -2.24. The Balaban J connectivity index is 2.09. The molecule has 2 aliphatic rings. The molecule has 2 heterocycles. The number of aromatic carboxylic acids is 1. The largest absolute Gasteiger partial charge is 0.478 e. The molecule has 2 N–H and O–H groups in total. The SMILES string of the molecule is CN1C(=O)N[C@H]2C[C@@]1(C)Oc1ccc(C(=O)O)cc12. The van der Waals surface area contributed by atoms with Crippen LogP contribution in [0.5, 0.6) is 5.75 Å². The topological polar surface area (TPSA) is 78.9 Å². The maximum atomic E-state index is 11.9. The summed E-state index contributed by atoms with van der Waals surface area (Å²) in [5, 5.41) is 11.9. The second kappa shape index (κ2) is 3.63. The summed E-state index contributed by atoms with van der Waals surface area (Å²) < 4.78 is 5.88. The van der Waals surface area contributed by atoms with Crippen molar-refractivity contribution in [2.75, 3.05) is 7.05 Å². The molecule has 3 rings (SSSR count). The Kier molecular flexibility index (Phi) is 2.26. The van der Waals surface area contributed by atoms with Crippen LogP contribution < -0.4 is 10.1 Å². The third kappa shape index (κ3) is 1.63. The molecular formula is C13H14N2O4. The van der Waals surface area contributed by atoms with E-state index in [0.29, 0.717) is 12.2 Å². The van der Waals surface area contributed by atoms with Gasteiger partial charge in [0.05, 0.1) is 11.6 Å². The van der Waals surface area contributed by atoms with Crippen LogP contribution in [0.2, 0.25) is 0 Å². The fourth-order valence-electron chi connectivity index (χ4n) is 2.61. The van der Waals surface area contributed by atoms with Crippen molar-refractivity contribution in [1.82, 2.24) is 10.2 Å². The first kappa shape index (κ1) is 11.8. The number of carbonyl (C=O) groups excluding carboxylic acids is 1. The standard InChI is InChI=1S/C13H14N2O4/c1-13-6-9(14-12(18)15(13)2)8-5-7(11(16)17)3-4-10(8)19-13/h3-5,9H,6H2,1-2H3,(H,14,18)(H,16,17)/t9-,13+/m0/s1. The van der Waals surface area contributed by atoms with Crippen molar-refractivity contribution in [3.05, 3.63) is 29.3 Å². The van der Waals surface area contributed by atoms with Gasteiger partial charge in [-0.25, -0.2) is 9.59 Å². The van der Waals surface area contributed by atoms with E-state index in [0.717, 1.165) is 5.56 Å². The van der Waals surface area contributed by atoms with Crippen LogP contribution in [0.25, 0.3) is 0 Å². The molecule has 19 heavy (non-hydrogen) atoms. The minimum absolute atomic E-state index is 0.194. The summed E-state index contributed by atoms with van der Waals surface area (Å²) in [5.41, 5.74) is 0.225. The van der Waals surface area contributed by atoms with Crippen molar-refractivity contribution in [1.29, 1.82) is 0 Å². The van der Waals surface area contributed by atoms with Gasteiger partial charge in [-0.05, 0) is 25.1 Å². The second-order valence-electron chi connectivity index (χ2n) is 5.10. The van der Waals surface area contributed by atoms with Crippen LogP contribution in [-0.2, 0) is 0 Å². The Morgan fingerprint density at radius 2 is 2.32 bits per heavy atom. The fourth-order valence-corrected chi connectivity index (χ4v) is 2.61. The number of amides is 2. The van der Waals surface area contributed by atoms with Crippen LogP contribution >= 0.6 is 0 Å². The van der Waals surface area contributed by atoms with Crippen LogP contribution in [0.3, 0.4) is 0 Å². The molecule has 1 fully saturated rings. The molecule has 1 aromatic carbocycles. The third-order valence-electron chi connectivity index (χ3n) is 3.86. The van der Waals surface area contributed by atoms with Crippen molar-refractivity contribution in [2.45, 2.75) is 25.1 Å². The molecule has 2 atom stereocenters. The number of fused-ring (bicyclic) bond motifs is 4. The number of nitrogens with zero attached hydrogens (tertiary/aromatic N) is 1. The number of nitrogens with one attached hydrogen (secondary N) is 1. The first-order valence-electron chi connectivity index (χ1n) is 6.01. The van der Waals surface area contributed by atoms with Crippen molar-refractivity contribution in [3.63, 3.8) is 0 Å². The van der Waals surface area contributed by atoms with Gasteiger partial charge >= 0.3 is 12.0 Å². The number of urea groups is 1. The molecule has 2 aliphatic heterocycles. The first-order valence-corrected chi connectivity index (χ1v) is 6.01. The van der Waals surface area contributed by atoms with Crippen molar-refractivity contribution >= 4 is 12.0 Å². The summed E-state index contributed by atoms with van der Waals surface area (Å²) in [5.74, 6) is -0.369. The Labute approximate surface area is 110 Å². The van der Waals surface area contributed by atoms with Gasteiger partial charge in [0, 0.05) is 19.0 Å².